The third kappa shape index (κ3) is 6.87. The van der Waals surface area contributed by atoms with E-state index in [4.69, 9.17) is 23.2 Å². The topological polar surface area (TPSA) is 86.8 Å². The molecule has 0 spiro atoms. The number of amides is 2. The highest BCUT2D eigenvalue weighted by atomic mass is 35.5. The van der Waals surface area contributed by atoms with Crippen molar-refractivity contribution >= 4 is 50.7 Å². The molecule has 0 aliphatic heterocycles. The Morgan fingerprint density at radius 2 is 1.50 bits per heavy atom. The molecule has 0 saturated heterocycles. The molecule has 0 heterocycles. The van der Waals surface area contributed by atoms with Crippen LogP contribution in [0, 0.1) is 0 Å². The van der Waals surface area contributed by atoms with Crippen molar-refractivity contribution in [2.75, 3.05) is 17.4 Å². The summed E-state index contributed by atoms with van der Waals surface area (Å²) in [6.45, 7) is 5.11. The maximum Gasteiger partial charge on any atom is 0.264 e. The summed E-state index contributed by atoms with van der Waals surface area (Å²) in [7, 11) is -4.11. The Hall–Kier alpha value is -3.07. The first-order chi connectivity index (χ1) is 18.1. The second-order valence-electron chi connectivity index (χ2n) is 8.64. The van der Waals surface area contributed by atoms with Gasteiger partial charge in [0.25, 0.3) is 10.0 Å². The van der Waals surface area contributed by atoms with Crippen LogP contribution < -0.4 is 9.62 Å². The zero-order valence-electron chi connectivity index (χ0n) is 21.5. The maximum atomic E-state index is 13.9. The Bertz CT molecular complexity index is 1350. The number of anilines is 1. The molecule has 0 aromatic heterocycles. The fraction of sp³-hybridized carbons (Fsp3) is 0.286. The van der Waals surface area contributed by atoms with E-state index in [0.29, 0.717) is 27.8 Å². The molecule has 38 heavy (non-hydrogen) atoms. The molecule has 1 N–H and O–H groups in total. The van der Waals surface area contributed by atoms with E-state index in [1.807, 2.05) is 19.1 Å². The van der Waals surface area contributed by atoms with E-state index in [2.05, 4.69) is 5.32 Å². The van der Waals surface area contributed by atoms with E-state index in [1.54, 1.807) is 62.4 Å². The first-order valence-electron chi connectivity index (χ1n) is 12.3. The van der Waals surface area contributed by atoms with E-state index < -0.39 is 28.5 Å². The fourth-order valence-electron chi connectivity index (χ4n) is 3.90. The lowest BCUT2D eigenvalue weighted by Crippen LogP contribution is -2.51. The Morgan fingerprint density at radius 1 is 0.895 bits per heavy atom. The van der Waals surface area contributed by atoms with Crippen molar-refractivity contribution in [2.45, 2.75) is 44.7 Å². The van der Waals surface area contributed by atoms with Gasteiger partial charge in [0.2, 0.25) is 11.8 Å². The molecule has 7 nitrogen and oxygen atoms in total. The van der Waals surface area contributed by atoms with E-state index in [1.165, 1.54) is 17.0 Å². The summed E-state index contributed by atoms with van der Waals surface area (Å²) in [4.78, 5) is 28.0. The third-order valence-electron chi connectivity index (χ3n) is 6.15. The van der Waals surface area contributed by atoms with Crippen molar-refractivity contribution in [1.29, 1.82) is 0 Å². The van der Waals surface area contributed by atoms with Gasteiger partial charge in [-0.3, -0.25) is 13.9 Å². The summed E-state index contributed by atoms with van der Waals surface area (Å²) in [5.41, 5.74) is 1.82. The van der Waals surface area contributed by atoms with E-state index in [0.717, 1.165) is 16.3 Å². The Morgan fingerprint density at radius 3 is 2.05 bits per heavy atom. The summed E-state index contributed by atoms with van der Waals surface area (Å²) < 4.78 is 28.6. The average Bonchev–Trinajstić information content (AvgIpc) is 2.91. The number of nitrogens with one attached hydrogen (secondary N) is 1. The Labute approximate surface area is 234 Å². The molecule has 3 rings (SSSR count). The minimum atomic E-state index is -4.11. The second kappa shape index (κ2) is 13.1. The number of sulfonamides is 1. The fourth-order valence-corrected chi connectivity index (χ4v) is 5.86. The number of likely N-dealkylation sites (N-methyl/N-ethyl adjacent to an activating group) is 1. The second-order valence-corrected chi connectivity index (χ2v) is 11.3. The number of benzene rings is 3. The normalized spacial score (nSPS) is 12.0. The number of carbonyl (C=O) groups excluding carboxylic acids is 2. The van der Waals surface area contributed by atoms with Crippen LogP contribution in [0.15, 0.2) is 77.7 Å². The van der Waals surface area contributed by atoms with Gasteiger partial charge in [0.15, 0.2) is 0 Å². The predicted octanol–water partition coefficient (Wildman–Crippen LogP) is 5.30. The van der Waals surface area contributed by atoms with Crippen LogP contribution in [0.2, 0.25) is 10.0 Å². The van der Waals surface area contributed by atoms with Crippen LogP contribution in [0.4, 0.5) is 5.69 Å². The molecule has 0 bridgehead atoms. The number of nitrogens with zero attached hydrogens (tertiary/aromatic N) is 2. The van der Waals surface area contributed by atoms with Crippen molar-refractivity contribution in [3.8, 4) is 0 Å². The van der Waals surface area contributed by atoms with Crippen LogP contribution in [0.25, 0.3) is 0 Å². The van der Waals surface area contributed by atoms with Crippen molar-refractivity contribution in [2.24, 2.45) is 0 Å². The average molecular weight is 577 g/mol. The van der Waals surface area contributed by atoms with Crippen molar-refractivity contribution in [3.63, 3.8) is 0 Å². The van der Waals surface area contributed by atoms with Gasteiger partial charge in [-0.1, -0.05) is 66.5 Å². The first kappa shape index (κ1) is 29.5. The molecule has 0 aliphatic carbocycles. The molecule has 2 amide bonds. The number of rotatable bonds is 11. The van der Waals surface area contributed by atoms with E-state index in [9.17, 15) is 18.0 Å². The molecule has 202 valence electrons. The minimum absolute atomic E-state index is 0.0461. The predicted molar refractivity (Wildman–Crippen MR) is 152 cm³/mol. The number of carbonyl (C=O) groups is 2. The van der Waals surface area contributed by atoms with Gasteiger partial charge in [-0.05, 0) is 62.2 Å². The molecule has 1 atom stereocenters. The van der Waals surface area contributed by atoms with E-state index >= 15 is 0 Å². The molecule has 0 unspecified atom stereocenters. The highest BCUT2D eigenvalue weighted by Gasteiger charge is 2.33. The Balaban J connectivity index is 2.05. The summed E-state index contributed by atoms with van der Waals surface area (Å²) in [6, 6.07) is 19.0. The van der Waals surface area contributed by atoms with Gasteiger partial charge in [-0.25, -0.2) is 8.42 Å². The summed E-state index contributed by atoms with van der Waals surface area (Å²) in [5, 5.41) is 3.39. The van der Waals surface area contributed by atoms with E-state index in [-0.39, 0.29) is 17.3 Å². The number of aryl methyl sites for hydroxylation is 1. The standard InChI is InChI=1S/C28H31Cl2N3O4S/c1-4-21-14-16-22(17-15-21)33(38(36,37)23-10-7-6-8-11-23)19-27(34)32(20(3)28(35)31-5-2)18-24-25(29)12-9-13-26(24)30/h6-17,20H,4-5,18-19H2,1-3H3,(H,31,35)/t20-/m0/s1. The zero-order valence-corrected chi connectivity index (χ0v) is 23.9. The molecule has 3 aromatic rings. The van der Waals surface area contributed by atoms with Crippen LogP contribution in [-0.4, -0.2) is 44.3 Å². The first-order valence-corrected chi connectivity index (χ1v) is 14.5. The van der Waals surface area contributed by atoms with Gasteiger partial charge in [0.1, 0.15) is 12.6 Å². The quantitative estimate of drug-likeness (QED) is 0.336. The number of halogens is 2. The van der Waals surface area contributed by atoms with Crippen molar-refractivity contribution in [3.05, 3.63) is 94.0 Å². The molecule has 0 fully saturated rings. The SMILES string of the molecule is CCNC(=O)[C@H](C)N(Cc1c(Cl)cccc1Cl)C(=O)CN(c1ccc(CC)cc1)S(=O)(=O)c1ccccc1. The minimum Gasteiger partial charge on any atom is -0.355 e. The van der Waals surface area contributed by atoms with Crippen LogP contribution >= 0.6 is 23.2 Å². The zero-order chi connectivity index (χ0) is 27.9. The van der Waals surface area contributed by atoms with Crippen LogP contribution in [0.1, 0.15) is 31.9 Å². The van der Waals surface area contributed by atoms with Gasteiger partial charge in [0, 0.05) is 28.7 Å². The lowest BCUT2D eigenvalue weighted by Gasteiger charge is -2.32. The summed E-state index contributed by atoms with van der Waals surface area (Å²) in [6.07, 6.45) is 0.779. The lowest BCUT2D eigenvalue weighted by atomic mass is 10.1. The third-order valence-corrected chi connectivity index (χ3v) is 8.65. The highest BCUT2D eigenvalue weighted by molar-refractivity contribution is 7.92. The highest BCUT2D eigenvalue weighted by Crippen LogP contribution is 2.28. The van der Waals surface area contributed by atoms with Gasteiger partial charge in [-0.2, -0.15) is 0 Å². The van der Waals surface area contributed by atoms with Crippen LogP contribution in [0.5, 0.6) is 0 Å². The molecule has 0 saturated carbocycles. The van der Waals surface area contributed by atoms with Crippen LogP contribution in [-0.2, 0) is 32.6 Å². The molecular weight excluding hydrogens is 545 g/mol. The lowest BCUT2D eigenvalue weighted by molar-refractivity contribution is -0.139. The summed E-state index contributed by atoms with van der Waals surface area (Å²) >= 11 is 12.8. The molecule has 10 heteroatoms. The van der Waals surface area contributed by atoms with Crippen LogP contribution in [0.3, 0.4) is 0 Å². The number of hydrogen-bond donors (Lipinski definition) is 1. The molecule has 0 aliphatic rings. The molecule has 0 radical (unpaired) electrons. The smallest absolute Gasteiger partial charge is 0.264 e. The maximum absolute atomic E-state index is 13.9. The van der Waals surface area contributed by atoms with Crippen molar-refractivity contribution < 1.29 is 18.0 Å². The van der Waals surface area contributed by atoms with Gasteiger partial charge < -0.3 is 10.2 Å². The Kier molecular flexibility index (Phi) is 10.2. The monoisotopic (exact) mass is 575 g/mol. The van der Waals surface area contributed by atoms with Gasteiger partial charge in [-0.15, -0.1) is 0 Å². The van der Waals surface area contributed by atoms with Crippen molar-refractivity contribution in [1.82, 2.24) is 10.2 Å². The molecular formula is C28H31Cl2N3O4S. The largest absolute Gasteiger partial charge is 0.355 e. The molecule has 3 aromatic carbocycles. The van der Waals surface area contributed by atoms with Gasteiger partial charge >= 0.3 is 0 Å². The van der Waals surface area contributed by atoms with Gasteiger partial charge in [0.05, 0.1) is 10.6 Å². The number of hydrogen-bond acceptors (Lipinski definition) is 4. The summed E-state index contributed by atoms with van der Waals surface area (Å²) in [5.74, 6) is -0.965.